The molecule has 2 aliphatic heterocycles. The van der Waals surface area contributed by atoms with Crippen LogP contribution in [0, 0.1) is 11.8 Å². The maximum atomic E-state index is 14.1. The molecule has 1 atom stereocenters. The van der Waals surface area contributed by atoms with Crippen LogP contribution >= 0.6 is 0 Å². The van der Waals surface area contributed by atoms with Crippen LogP contribution in [-0.2, 0) is 41.1 Å². The van der Waals surface area contributed by atoms with Crippen molar-refractivity contribution >= 4 is 23.4 Å². The lowest BCUT2D eigenvalue weighted by atomic mass is 9.78. The summed E-state index contributed by atoms with van der Waals surface area (Å²) in [7, 11) is 0. The molecule has 1 aliphatic carbocycles. The normalized spacial score (nSPS) is 21.6. The molecule has 288 valence electrons. The molecule has 53 heavy (non-hydrogen) atoms. The van der Waals surface area contributed by atoms with Gasteiger partial charge in [0.25, 0.3) is 0 Å². The Hall–Kier alpha value is -4.35. The fourth-order valence-corrected chi connectivity index (χ4v) is 7.53. The van der Waals surface area contributed by atoms with Crippen molar-refractivity contribution in [1.82, 2.24) is 15.0 Å². The number of benzene rings is 1. The van der Waals surface area contributed by atoms with Crippen LogP contribution in [0.15, 0.2) is 42.9 Å². The third-order valence-corrected chi connectivity index (χ3v) is 10.2. The van der Waals surface area contributed by atoms with Gasteiger partial charge in [0.15, 0.2) is 0 Å². The number of carbonyl (C=O) groups is 1. The van der Waals surface area contributed by atoms with Crippen LogP contribution in [0.2, 0.25) is 0 Å². The summed E-state index contributed by atoms with van der Waals surface area (Å²) >= 11 is 0. The Morgan fingerprint density at radius 1 is 0.755 bits per heavy atom. The summed E-state index contributed by atoms with van der Waals surface area (Å²) in [6, 6.07) is 1.87. The molecule has 2 saturated heterocycles. The average Bonchev–Trinajstić information content (AvgIpc) is 3.60. The summed E-state index contributed by atoms with van der Waals surface area (Å²) in [6.07, 6.45) is -8.00. The zero-order chi connectivity index (χ0) is 38.1. The number of hydrogen-bond donors (Lipinski definition) is 1. The molecule has 0 bridgehead atoms. The summed E-state index contributed by atoms with van der Waals surface area (Å²) in [5.41, 5.74) is -3.97. The fraction of sp³-hybridized carbons (Fsp3) is 0.543. The van der Waals surface area contributed by atoms with Crippen molar-refractivity contribution in [2.45, 2.75) is 76.2 Å². The van der Waals surface area contributed by atoms with E-state index in [1.807, 2.05) is 9.80 Å². The zero-order valence-corrected chi connectivity index (χ0v) is 28.3. The van der Waals surface area contributed by atoms with E-state index >= 15 is 0 Å². The lowest BCUT2D eigenvalue weighted by Crippen LogP contribution is -2.39. The van der Waals surface area contributed by atoms with Gasteiger partial charge < -0.3 is 24.5 Å². The lowest BCUT2D eigenvalue weighted by Gasteiger charge is -2.37. The Morgan fingerprint density at radius 2 is 1.36 bits per heavy atom. The smallest absolute Gasteiger partial charge is 0.417 e. The van der Waals surface area contributed by atoms with Crippen LogP contribution in [-0.4, -0.2) is 64.9 Å². The second-order valence-corrected chi connectivity index (χ2v) is 13.7. The number of hydrogen-bond acceptors (Lipinski definition) is 8. The first-order valence-electron chi connectivity index (χ1n) is 17.2. The minimum atomic E-state index is -5.12. The fourth-order valence-electron chi connectivity index (χ4n) is 7.53. The van der Waals surface area contributed by atoms with Crippen molar-refractivity contribution < 1.29 is 54.2 Å². The minimum Gasteiger partial charge on any atom is -0.481 e. The van der Waals surface area contributed by atoms with E-state index in [4.69, 9.17) is 4.74 Å². The van der Waals surface area contributed by atoms with Gasteiger partial charge in [-0.05, 0) is 74.3 Å². The number of anilines is 3. The largest absolute Gasteiger partial charge is 0.481 e. The van der Waals surface area contributed by atoms with Crippen molar-refractivity contribution in [2.24, 2.45) is 11.8 Å². The third kappa shape index (κ3) is 9.07. The highest BCUT2D eigenvalue weighted by Gasteiger charge is 2.40. The van der Waals surface area contributed by atoms with Crippen molar-refractivity contribution in [3.63, 3.8) is 0 Å². The quantitative estimate of drug-likeness (QED) is 0.219. The van der Waals surface area contributed by atoms with Gasteiger partial charge in [-0.2, -0.15) is 39.5 Å². The van der Waals surface area contributed by atoms with Crippen LogP contribution < -0.4 is 14.7 Å². The first kappa shape index (κ1) is 38.4. The number of alkyl halides is 9. The highest BCUT2D eigenvalue weighted by Crippen LogP contribution is 2.41. The molecule has 3 aromatic rings. The standard InChI is InChI=1S/C35H37F9N6O3/c36-33(37,38)25-12-21(13-26(15-25)34(39,40)41)19-49(32-46-17-28(18-47-32)48-8-10-53-11-9-48)20-24-14-27(35(42,43)44)16-45-30(24)50-7-1-2-29(50)22-3-5-23(6-4-22)31(51)52/h12-18,22-23,29H,1-11,19-20H2,(H,51,52)/t22?,23?,29-/m1/s1. The molecule has 0 spiro atoms. The van der Waals surface area contributed by atoms with Gasteiger partial charge in [-0.1, -0.05) is 0 Å². The number of halogens is 9. The first-order chi connectivity index (χ1) is 25.0. The lowest BCUT2D eigenvalue weighted by molar-refractivity contribution is -0.144. The Kier molecular flexibility index (Phi) is 11.0. The summed E-state index contributed by atoms with van der Waals surface area (Å²) in [5, 5.41) is 9.48. The van der Waals surface area contributed by atoms with Gasteiger partial charge >= 0.3 is 24.5 Å². The predicted molar refractivity (Wildman–Crippen MR) is 174 cm³/mol. The van der Waals surface area contributed by atoms with Crippen molar-refractivity contribution in [3.8, 4) is 0 Å². The Balaban J connectivity index is 1.40. The number of aliphatic carboxylic acids is 1. The number of aromatic nitrogens is 3. The molecule has 2 aromatic heterocycles. The maximum Gasteiger partial charge on any atom is 0.417 e. The molecule has 0 amide bonds. The molecule has 6 rings (SSSR count). The van der Waals surface area contributed by atoms with Crippen molar-refractivity contribution in [3.05, 3.63) is 70.7 Å². The van der Waals surface area contributed by atoms with Crippen LogP contribution in [0.5, 0.6) is 0 Å². The Labute approximate surface area is 298 Å². The maximum absolute atomic E-state index is 14.1. The topological polar surface area (TPSA) is 94.9 Å². The van der Waals surface area contributed by atoms with Gasteiger partial charge in [-0.25, -0.2) is 15.0 Å². The zero-order valence-electron chi connectivity index (χ0n) is 28.3. The van der Waals surface area contributed by atoms with Gasteiger partial charge in [0, 0.05) is 50.5 Å². The average molecular weight is 761 g/mol. The summed E-state index contributed by atoms with van der Waals surface area (Å²) < 4.78 is 131. The summed E-state index contributed by atoms with van der Waals surface area (Å²) in [5.74, 6) is -1.25. The molecule has 0 unspecified atom stereocenters. The number of nitrogens with zero attached hydrogens (tertiary/aromatic N) is 6. The van der Waals surface area contributed by atoms with E-state index in [2.05, 4.69) is 15.0 Å². The number of carboxylic acids is 1. The van der Waals surface area contributed by atoms with Gasteiger partial charge in [0.2, 0.25) is 5.95 Å². The van der Waals surface area contributed by atoms with Crippen LogP contribution in [0.4, 0.5) is 57.0 Å². The van der Waals surface area contributed by atoms with E-state index in [0.717, 1.165) is 6.07 Å². The van der Waals surface area contributed by atoms with Crippen molar-refractivity contribution in [1.29, 1.82) is 0 Å². The highest BCUT2D eigenvalue weighted by atomic mass is 19.4. The van der Waals surface area contributed by atoms with E-state index in [-0.39, 0.29) is 35.4 Å². The van der Waals surface area contributed by atoms with Gasteiger partial charge in [0.05, 0.1) is 53.9 Å². The Morgan fingerprint density at radius 3 is 1.92 bits per heavy atom. The molecular weight excluding hydrogens is 723 g/mol. The number of morpholine rings is 1. The van der Waals surface area contributed by atoms with E-state index < -0.39 is 65.8 Å². The van der Waals surface area contributed by atoms with Gasteiger partial charge in [-0.3, -0.25) is 4.79 Å². The number of pyridine rings is 1. The summed E-state index contributed by atoms with van der Waals surface area (Å²) in [6.45, 7) is 1.28. The molecule has 3 fully saturated rings. The van der Waals surface area contributed by atoms with E-state index in [9.17, 15) is 49.4 Å². The molecule has 1 aromatic carbocycles. The predicted octanol–water partition coefficient (Wildman–Crippen LogP) is 7.83. The SMILES string of the molecule is O=C(O)C1CCC([C@H]2CCCN2c2ncc(C(F)(F)F)cc2CN(Cc2cc(C(F)(F)F)cc(C(F)(F)F)c2)c2ncc(N3CCOCC3)cn2)CC1. The molecular formula is C35H37F9N6O3. The molecule has 1 N–H and O–H groups in total. The van der Waals surface area contributed by atoms with Crippen LogP contribution in [0.3, 0.4) is 0 Å². The minimum absolute atomic E-state index is 0.00768. The monoisotopic (exact) mass is 760 g/mol. The first-order valence-corrected chi connectivity index (χ1v) is 17.2. The molecule has 0 radical (unpaired) electrons. The van der Waals surface area contributed by atoms with Crippen molar-refractivity contribution in [2.75, 3.05) is 47.5 Å². The number of carboxylic acid groups (broad SMARTS) is 1. The summed E-state index contributed by atoms with van der Waals surface area (Å²) in [4.78, 5) is 29.6. The molecule has 1 saturated carbocycles. The van der Waals surface area contributed by atoms with Crippen LogP contribution in [0.25, 0.3) is 0 Å². The molecule has 3 aliphatic rings. The highest BCUT2D eigenvalue weighted by molar-refractivity contribution is 5.70. The molecule has 18 heteroatoms. The Bertz CT molecular complexity index is 1710. The molecule has 4 heterocycles. The van der Waals surface area contributed by atoms with Gasteiger partial charge in [-0.15, -0.1) is 0 Å². The van der Waals surface area contributed by atoms with E-state index in [1.54, 1.807) is 0 Å². The second-order valence-electron chi connectivity index (χ2n) is 13.7. The number of ether oxygens (including phenoxy) is 1. The number of rotatable bonds is 9. The van der Waals surface area contributed by atoms with E-state index in [0.29, 0.717) is 95.4 Å². The third-order valence-electron chi connectivity index (χ3n) is 10.2. The van der Waals surface area contributed by atoms with E-state index in [1.165, 1.54) is 17.3 Å². The van der Waals surface area contributed by atoms with Gasteiger partial charge in [0.1, 0.15) is 5.82 Å². The second kappa shape index (κ2) is 15.2. The molecule has 9 nitrogen and oxygen atoms in total. The van der Waals surface area contributed by atoms with Crippen LogP contribution in [0.1, 0.15) is 66.3 Å².